The molecule has 0 radical (unpaired) electrons. The van der Waals surface area contributed by atoms with Crippen molar-refractivity contribution < 1.29 is 9.53 Å². The fraction of sp³-hybridized carbons (Fsp3) is 0.238. The number of hydrogen-bond donors (Lipinski definition) is 0. The molecular formula is C21H20N2O2. The molecule has 3 aromatic rings. The van der Waals surface area contributed by atoms with Crippen LogP contribution in [0.25, 0.3) is 21.9 Å². The molecule has 1 aliphatic heterocycles. The van der Waals surface area contributed by atoms with Gasteiger partial charge in [-0.25, -0.2) is 0 Å². The summed E-state index contributed by atoms with van der Waals surface area (Å²) in [4.78, 5) is 17.7. The van der Waals surface area contributed by atoms with Gasteiger partial charge >= 0.3 is 0 Å². The van der Waals surface area contributed by atoms with E-state index in [0.29, 0.717) is 19.6 Å². The quantitative estimate of drug-likeness (QED) is 0.711. The Hall–Kier alpha value is -2.88. The summed E-state index contributed by atoms with van der Waals surface area (Å²) >= 11 is 0. The normalized spacial score (nSPS) is 14.2. The standard InChI is InChI=1S/C21H20N2O2/c24-21-6-3-11-23(21)12-13-25-18-14-17-4-1-2-5-19(17)20(15-18)16-7-9-22-10-8-16/h1-2,4-5,7-10,14-15H,3,6,11-13H2. The molecule has 1 aliphatic rings. The molecule has 4 rings (SSSR count). The average molecular weight is 332 g/mol. The Bertz CT molecular complexity index is 893. The first kappa shape index (κ1) is 15.6. The van der Waals surface area contributed by atoms with E-state index in [9.17, 15) is 4.79 Å². The molecule has 2 aromatic carbocycles. The van der Waals surface area contributed by atoms with Crippen LogP contribution in [0.3, 0.4) is 0 Å². The highest BCUT2D eigenvalue weighted by atomic mass is 16.5. The van der Waals surface area contributed by atoms with Gasteiger partial charge in [0.25, 0.3) is 0 Å². The van der Waals surface area contributed by atoms with E-state index in [-0.39, 0.29) is 5.91 Å². The number of nitrogens with zero attached hydrogens (tertiary/aromatic N) is 2. The maximum Gasteiger partial charge on any atom is 0.222 e. The number of carbonyl (C=O) groups excluding carboxylic acids is 1. The van der Waals surface area contributed by atoms with E-state index in [2.05, 4.69) is 29.2 Å². The van der Waals surface area contributed by atoms with Gasteiger partial charge in [-0.3, -0.25) is 9.78 Å². The molecule has 25 heavy (non-hydrogen) atoms. The van der Waals surface area contributed by atoms with Crippen LogP contribution in [0, 0.1) is 0 Å². The Morgan fingerprint density at radius 1 is 1.08 bits per heavy atom. The van der Waals surface area contributed by atoms with E-state index in [0.717, 1.165) is 35.2 Å². The number of hydrogen-bond acceptors (Lipinski definition) is 3. The number of carbonyl (C=O) groups is 1. The van der Waals surface area contributed by atoms with Crippen molar-refractivity contribution in [1.82, 2.24) is 9.88 Å². The summed E-state index contributed by atoms with van der Waals surface area (Å²) in [6, 6.07) is 16.4. The van der Waals surface area contributed by atoms with E-state index in [4.69, 9.17) is 4.74 Å². The number of benzene rings is 2. The third kappa shape index (κ3) is 3.33. The van der Waals surface area contributed by atoms with Crippen LogP contribution in [-0.2, 0) is 4.79 Å². The number of fused-ring (bicyclic) bond motifs is 1. The lowest BCUT2D eigenvalue weighted by atomic mass is 9.98. The smallest absolute Gasteiger partial charge is 0.222 e. The number of ether oxygens (including phenoxy) is 1. The summed E-state index contributed by atoms with van der Waals surface area (Å²) in [5, 5.41) is 2.33. The Morgan fingerprint density at radius 2 is 1.92 bits per heavy atom. The third-order valence-electron chi connectivity index (χ3n) is 4.63. The molecule has 0 spiro atoms. The van der Waals surface area contributed by atoms with Crippen molar-refractivity contribution in [2.75, 3.05) is 19.7 Å². The fourth-order valence-corrected chi connectivity index (χ4v) is 3.35. The van der Waals surface area contributed by atoms with E-state index < -0.39 is 0 Å². The minimum Gasteiger partial charge on any atom is -0.492 e. The van der Waals surface area contributed by atoms with Crippen molar-refractivity contribution in [3.05, 3.63) is 60.9 Å². The molecule has 126 valence electrons. The number of aromatic nitrogens is 1. The third-order valence-corrected chi connectivity index (χ3v) is 4.63. The molecule has 0 unspecified atom stereocenters. The van der Waals surface area contributed by atoms with Gasteiger partial charge in [0.1, 0.15) is 12.4 Å². The minimum absolute atomic E-state index is 0.236. The maximum atomic E-state index is 11.7. The summed E-state index contributed by atoms with van der Waals surface area (Å²) < 4.78 is 5.98. The van der Waals surface area contributed by atoms with E-state index in [1.807, 2.05) is 29.2 Å². The highest BCUT2D eigenvalue weighted by Gasteiger charge is 2.19. The second-order valence-electron chi connectivity index (χ2n) is 6.26. The van der Waals surface area contributed by atoms with Crippen LogP contribution in [0.15, 0.2) is 60.9 Å². The highest BCUT2D eigenvalue weighted by Crippen LogP contribution is 2.32. The molecule has 0 aliphatic carbocycles. The highest BCUT2D eigenvalue weighted by molar-refractivity contribution is 5.97. The lowest BCUT2D eigenvalue weighted by molar-refractivity contribution is -0.128. The second-order valence-corrected chi connectivity index (χ2v) is 6.26. The summed E-state index contributed by atoms with van der Waals surface area (Å²) in [6.45, 7) is 2.01. The van der Waals surface area contributed by atoms with Crippen molar-refractivity contribution in [3.8, 4) is 16.9 Å². The zero-order valence-electron chi connectivity index (χ0n) is 14.0. The Balaban J connectivity index is 1.60. The van der Waals surface area contributed by atoms with Gasteiger partial charge in [-0.2, -0.15) is 0 Å². The Kier molecular flexibility index (Phi) is 4.34. The first-order valence-corrected chi connectivity index (χ1v) is 8.65. The van der Waals surface area contributed by atoms with Crippen LogP contribution < -0.4 is 4.74 Å². The topological polar surface area (TPSA) is 42.4 Å². The number of amides is 1. The zero-order chi connectivity index (χ0) is 17.1. The molecule has 2 heterocycles. The van der Waals surface area contributed by atoms with Gasteiger partial charge in [-0.05, 0) is 52.6 Å². The molecule has 0 atom stereocenters. The van der Waals surface area contributed by atoms with E-state index in [1.165, 1.54) is 5.39 Å². The van der Waals surface area contributed by atoms with Gasteiger partial charge in [0.15, 0.2) is 0 Å². The van der Waals surface area contributed by atoms with Gasteiger partial charge in [-0.15, -0.1) is 0 Å². The van der Waals surface area contributed by atoms with Gasteiger partial charge < -0.3 is 9.64 Å². The van der Waals surface area contributed by atoms with Crippen LogP contribution in [0.5, 0.6) is 5.75 Å². The number of likely N-dealkylation sites (tertiary alicyclic amines) is 1. The Labute approximate surface area is 147 Å². The van der Waals surface area contributed by atoms with Gasteiger partial charge in [-0.1, -0.05) is 24.3 Å². The van der Waals surface area contributed by atoms with E-state index >= 15 is 0 Å². The van der Waals surface area contributed by atoms with Crippen LogP contribution >= 0.6 is 0 Å². The van der Waals surface area contributed by atoms with Crippen LogP contribution in [-0.4, -0.2) is 35.5 Å². The average Bonchev–Trinajstić information content (AvgIpc) is 3.07. The number of pyridine rings is 1. The molecule has 1 amide bonds. The maximum absolute atomic E-state index is 11.7. The molecule has 0 N–H and O–H groups in total. The largest absolute Gasteiger partial charge is 0.492 e. The fourth-order valence-electron chi connectivity index (χ4n) is 3.35. The van der Waals surface area contributed by atoms with Crippen LogP contribution in [0.4, 0.5) is 0 Å². The lowest BCUT2D eigenvalue weighted by Crippen LogP contribution is -2.29. The summed E-state index contributed by atoms with van der Waals surface area (Å²) in [5.74, 6) is 1.07. The van der Waals surface area contributed by atoms with Crippen molar-refractivity contribution in [3.63, 3.8) is 0 Å². The molecule has 4 heteroatoms. The van der Waals surface area contributed by atoms with Crippen LogP contribution in [0.2, 0.25) is 0 Å². The zero-order valence-corrected chi connectivity index (χ0v) is 14.0. The number of rotatable bonds is 5. The van der Waals surface area contributed by atoms with Gasteiger partial charge in [0, 0.05) is 25.4 Å². The summed E-state index contributed by atoms with van der Waals surface area (Å²) in [6.07, 6.45) is 5.23. The SMILES string of the molecule is O=C1CCCN1CCOc1cc(-c2ccncc2)c2ccccc2c1. The summed E-state index contributed by atoms with van der Waals surface area (Å²) in [7, 11) is 0. The molecule has 1 aromatic heterocycles. The van der Waals surface area contributed by atoms with Crippen molar-refractivity contribution >= 4 is 16.7 Å². The van der Waals surface area contributed by atoms with E-state index in [1.54, 1.807) is 12.4 Å². The second kappa shape index (κ2) is 6.93. The summed E-state index contributed by atoms with van der Waals surface area (Å²) in [5.41, 5.74) is 2.25. The molecule has 0 bridgehead atoms. The molecular weight excluding hydrogens is 312 g/mol. The Morgan fingerprint density at radius 3 is 2.72 bits per heavy atom. The molecule has 1 fully saturated rings. The predicted molar refractivity (Wildman–Crippen MR) is 98.5 cm³/mol. The first-order chi connectivity index (χ1) is 12.3. The lowest BCUT2D eigenvalue weighted by Gasteiger charge is -2.17. The molecule has 0 saturated carbocycles. The molecule has 4 nitrogen and oxygen atoms in total. The van der Waals surface area contributed by atoms with Crippen molar-refractivity contribution in [2.45, 2.75) is 12.8 Å². The molecule has 1 saturated heterocycles. The van der Waals surface area contributed by atoms with Gasteiger partial charge in [0.2, 0.25) is 5.91 Å². The van der Waals surface area contributed by atoms with Crippen molar-refractivity contribution in [2.24, 2.45) is 0 Å². The monoisotopic (exact) mass is 332 g/mol. The predicted octanol–water partition coefficient (Wildman–Crippen LogP) is 3.90. The van der Waals surface area contributed by atoms with Crippen molar-refractivity contribution in [1.29, 1.82) is 0 Å². The van der Waals surface area contributed by atoms with Crippen LogP contribution in [0.1, 0.15) is 12.8 Å². The minimum atomic E-state index is 0.236. The first-order valence-electron chi connectivity index (χ1n) is 8.65. The van der Waals surface area contributed by atoms with Gasteiger partial charge in [0.05, 0.1) is 6.54 Å².